The molecule has 2 aromatic rings. The predicted molar refractivity (Wildman–Crippen MR) is 148 cm³/mol. The highest BCUT2D eigenvalue weighted by Gasteiger charge is 2.26. The number of amides is 2. The number of morpholine rings is 1. The van der Waals surface area contributed by atoms with Gasteiger partial charge < -0.3 is 25.4 Å². The number of carboxylic acid groups (broad SMARTS) is 1. The van der Waals surface area contributed by atoms with E-state index < -0.39 is 6.09 Å². The van der Waals surface area contributed by atoms with Crippen LogP contribution in [0.5, 0.6) is 0 Å². The van der Waals surface area contributed by atoms with Crippen LogP contribution in [-0.2, 0) is 4.74 Å². The fraction of sp³-hybridized carbons (Fsp3) is 0.621. The number of nitrogens with zero attached hydrogens (tertiary/aromatic N) is 3. The molecule has 3 aliphatic rings. The highest BCUT2D eigenvalue weighted by atomic mass is 16.5. The summed E-state index contributed by atoms with van der Waals surface area (Å²) in [6.07, 6.45) is 5.31. The van der Waals surface area contributed by atoms with Crippen LogP contribution in [0.3, 0.4) is 0 Å². The molecule has 0 radical (unpaired) electrons. The topological polar surface area (TPSA) is 107 Å². The molecule has 1 aliphatic carbocycles. The molecule has 3 heterocycles. The number of pyridine rings is 1. The van der Waals surface area contributed by atoms with Crippen molar-refractivity contribution in [3.05, 3.63) is 35.9 Å². The van der Waals surface area contributed by atoms with Gasteiger partial charge in [-0.15, -0.1) is 0 Å². The maximum Gasteiger partial charge on any atom is 0.404 e. The summed E-state index contributed by atoms with van der Waals surface area (Å²) in [6, 6.07) is 9.90. The number of para-hydroxylation sites is 1. The van der Waals surface area contributed by atoms with Crippen molar-refractivity contribution in [2.45, 2.75) is 38.5 Å². The molecule has 0 atom stereocenters. The molecule has 0 bridgehead atoms. The van der Waals surface area contributed by atoms with Gasteiger partial charge in [0.2, 0.25) is 0 Å². The van der Waals surface area contributed by atoms with Gasteiger partial charge in [-0.2, -0.15) is 0 Å². The third kappa shape index (κ3) is 6.94. The Balaban J connectivity index is 1.18. The van der Waals surface area contributed by atoms with Crippen LogP contribution >= 0.6 is 0 Å². The maximum absolute atomic E-state index is 13.4. The normalized spacial score (nSPS) is 23.3. The van der Waals surface area contributed by atoms with Crippen LogP contribution < -0.4 is 15.5 Å². The van der Waals surface area contributed by atoms with Gasteiger partial charge in [-0.05, 0) is 68.4 Å². The summed E-state index contributed by atoms with van der Waals surface area (Å²) >= 11 is 0. The lowest BCUT2D eigenvalue weighted by molar-refractivity contribution is 0.0289. The highest BCUT2D eigenvalue weighted by Crippen LogP contribution is 2.29. The third-order valence-electron chi connectivity index (χ3n) is 8.57. The maximum atomic E-state index is 13.4. The molecule has 2 amide bonds. The number of fused-ring (bicyclic) bond motifs is 1. The van der Waals surface area contributed by atoms with Crippen LogP contribution in [0.15, 0.2) is 30.3 Å². The van der Waals surface area contributed by atoms with Crippen molar-refractivity contribution in [3.8, 4) is 0 Å². The molecule has 1 saturated carbocycles. The van der Waals surface area contributed by atoms with E-state index in [0.29, 0.717) is 36.4 Å². The van der Waals surface area contributed by atoms with Gasteiger partial charge in [0.1, 0.15) is 5.82 Å². The van der Waals surface area contributed by atoms with E-state index in [1.165, 1.54) is 0 Å². The Morgan fingerprint density at radius 2 is 1.55 bits per heavy atom. The van der Waals surface area contributed by atoms with E-state index in [9.17, 15) is 9.59 Å². The van der Waals surface area contributed by atoms with Gasteiger partial charge >= 0.3 is 6.09 Å². The van der Waals surface area contributed by atoms with Gasteiger partial charge in [0, 0.05) is 51.2 Å². The number of carbonyl (C=O) groups is 2. The average Bonchev–Trinajstić information content (AvgIpc) is 2.95. The third-order valence-corrected chi connectivity index (χ3v) is 8.57. The van der Waals surface area contributed by atoms with Crippen molar-refractivity contribution < 1.29 is 19.4 Å². The molecule has 1 aromatic carbocycles. The van der Waals surface area contributed by atoms with Crippen LogP contribution in [0, 0.1) is 17.8 Å². The van der Waals surface area contributed by atoms with E-state index in [0.717, 1.165) is 101 Å². The number of aromatic nitrogens is 1. The first kappa shape index (κ1) is 26.7. The Labute approximate surface area is 224 Å². The minimum Gasteiger partial charge on any atom is -0.465 e. The van der Waals surface area contributed by atoms with Crippen molar-refractivity contribution in [2.75, 3.05) is 63.9 Å². The summed E-state index contributed by atoms with van der Waals surface area (Å²) < 4.78 is 5.49. The van der Waals surface area contributed by atoms with Crippen LogP contribution in [0.1, 0.15) is 48.9 Å². The zero-order valence-corrected chi connectivity index (χ0v) is 22.2. The lowest BCUT2D eigenvalue weighted by Crippen LogP contribution is -2.43. The zero-order valence-electron chi connectivity index (χ0n) is 22.2. The first-order valence-corrected chi connectivity index (χ1v) is 14.2. The van der Waals surface area contributed by atoms with E-state index in [-0.39, 0.29) is 5.91 Å². The molecule has 9 nitrogen and oxygen atoms in total. The van der Waals surface area contributed by atoms with E-state index in [1.54, 1.807) is 0 Å². The van der Waals surface area contributed by atoms with Gasteiger partial charge in [0.05, 0.1) is 24.3 Å². The van der Waals surface area contributed by atoms with Gasteiger partial charge in [-0.3, -0.25) is 9.69 Å². The standard InChI is InChI=1S/C29H41N5O4/c35-28(30-18-21-5-7-22(8-6-21)19-31-29(36)37)25-17-27(32-26-4-2-1-3-24(25)26)34-11-9-23(10-12-34)20-33-13-15-38-16-14-33/h1-4,17,21-23,31H,5-16,18-20H2,(H,30,35)(H,36,37)/t21-,22-. The fourth-order valence-corrected chi connectivity index (χ4v) is 6.21. The van der Waals surface area contributed by atoms with E-state index in [4.69, 9.17) is 14.8 Å². The Bertz CT molecular complexity index is 1090. The fourth-order valence-electron chi connectivity index (χ4n) is 6.21. The smallest absolute Gasteiger partial charge is 0.404 e. The summed E-state index contributed by atoms with van der Waals surface area (Å²) in [6.45, 7) is 7.99. The monoisotopic (exact) mass is 523 g/mol. The Morgan fingerprint density at radius 1 is 0.895 bits per heavy atom. The zero-order chi connectivity index (χ0) is 26.3. The number of hydrogen-bond donors (Lipinski definition) is 3. The van der Waals surface area contributed by atoms with Crippen molar-refractivity contribution in [2.24, 2.45) is 17.8 Å². The van der Waals surface area contributed by atoms with Crippen molar-refractivity contribution >= 4 is 28.7 Å². The van der Waals surface area contributed by atoms with E-state index >= 15 is 0 Å². The van der Waals surface area contributed by atoms with E-state index in [2.05, 4.69) is 20.4 Å². The molecule has 3 fully saturated rings. The number of anilines is 1. The largest absolute Gasteiger partial charge is 0.465 e. The van der Waals surface area contributed by atoms with Crippen LogP contribution in [0.25, 0.3) is 10.9 Å². The van der Waals surface area contributed by atoms with Gasteiger partial charge in [0.15, 0.2) is 0 Å². The number of hydrogen-bond acceptors (Lipinski definition) is 6. The van der Waals surface area contributed by atoms with Crippen molar-refractivity contribution in [1.29, 1.82) is 0 Å². The van der Waals surface area contributed by atoms with Crippen molar-refractivity contribution in [3.63, 3.8) is 0 Å². The van der Waals surface area contributed by atoms with Gasteiger partial charge in [0.25, 0.3) is 5.91 Å². The van der Waals surface area contributed by atoms with E-state index in [1.807, 2.05) is 30.3 Å². The number of rotatable bonds is 8. The average molecular weight is 524 g/mol. The lowest BCUT2D eigenvalue weighted by Gasteiger charge is -2.36. The van der Waals surface area contributed by atoms with Crippen LogP contribution in [0.2, 0.25) is 0 Å². The molecular formula is C29H41N5O4. The number of carbonyl (C=O) groups excluding carboxylic acids is 1. The summed E-state index contributed by atoms with van der Waals surface area (Å²) in [7, 11) is 0. The molecule has 206 valence electrons. The molecule has 9 heteroatoms. The summed E-state index contributed by atoms with van der Waals surface area (Å²) in [5.41, 5.74) is 1.55. The number of nitrogens with one attached hydrogen (secondary N) is 2. The molecular weight excluding hydrogens is 482 g/mol. The molecule has 3 N–H and O–H groups in total. The molecule has 2 aliphatic heterocycles. The number of ether oxygens (including phenoxy) is 1. The highest BCUT2D eigenvalue weighted by molar-refractivity contribution is 6.07. The minimum absolute atomic E-state index is 0.0401. The first-order chi connectivity index (χ1) is 18.5. The Morgan fingerprint density at radius 3 is 2.24 bits per heavy atom. The summed E-state index contributed by atoms with van der Waals surface area (Å²) in [5, 5.41) is 15.4. The number of piperidine rings is 1. The molecule has 38 heavy (non-hydrogen) atoms. The molecule has 5 rings (SSSR count). The van der Waals surface area contributed by atoms with Crippen LogP contribution in [0.4, 0.5) is 10.6 Å². The minimum atomic E-state index is -0.958. The number of benzene rings is 1. The predicted octanol–water partition coefficient (Wildman–Crippen LogP) is 3.59. The first-order valence-electron chi connectivity index (χ1n) is 14.2. The summed E-state index contributed by atoms with van der Waals surface area (Å²) in [5.74, 6) is 2.37. The second-order valence-electron chi connectivity index (χ2n) is 11.2. The molecule has 0 spiro atoms. The summed E-state index contributed by atoms with van der Waals surface area (Å²) in [4.78, 5) is 34.0. The quantitative estimate of drug-likeness (QED) is 0.485. The van der Waals surface area contributed by atoms with Crippen LogP contribution in [-0.4, -0.2) is 86.0 Å². The van der Waals surface area contributed by atoms with Crippen molar-refractivity contribution in [1.82, 2.24) is 20.5 Å². The SMILES string of the molecule is O=C(O)NC[C@H]1CC[C@H](CNC(=O)c2cc(N3CCC(CN4CCOCC4)CC3)nc3ccccc23)CC1. The van der Waals surface area contributed by atoms with Gasteiger partial charge in [-0.1, -0.05) is 18.2 Å². The lowest BCUT2D eigenvalue weighted by atomic mass is 9.82. The molecule has 2 saturated heterocycles. The van der Waals surface area contributed by atoms with Gasteiger partial charge in [-0.25, -0.2) is 9.78 Å². The molecule has 1 aromatic heterocycles. The second-order valence-corrected chi connectivity index (χ2v) is 11.2. The Kier molecular flexibility index (Phi) is 8.96. The Hall–Kier alpha value is -2.91. The second kappa shape index (κ2) is 12.8. The molecule has 0 unspecified atom stereocenters.